The van der Waals surface area contributed by atoms with Crippen LogP contribution in [0.2, 0.25) is 0 Å². The van der Waals surface area contributed by atoms with Gasteiger partial charge in [0.05, 0.1) is 6.10 Å². The fraction of sp³-hybridized carbons (Fsp3) is 1.00. The Kier molecular flexibility index (Phi) is 3.91. The van der Waals surface area contributed by atoms with Gasteiger partial charge in [-0.25, -0.2) is 0 Å². The van der Waals surface area contributed by atoms with E-state index in [4.69, 9.17) is 0 Å². The predicted molar refractivity (Wildman–Crippen MR) is 44.0 cm³/mol. The summed E-state index contributed by atoms with van der Waals surface area (Å²) < 4.78 is 0. The van der Waals surface area contributed by atoms with Gasteiger partial charge in [0, 0.05) is 13.1 Å². The van der Waals surface area contributed by atoms with Crippen LogP contribution in [0.4, 0.5) is 0 Å². The molecule has 0 spiro atoms. The number of hydrogen-bond donors (Lipinski definition) is 1. The molecule has 1 rings (SSSR count). The first-order valence-corrected chi connectivity index (χ1v) is 3.57. The zero-order valence-electron chi connectivity index (χ0n) is 6.17. The molecule has 1 heterocycles. The van der Waals surface area contributed by atoms with Gasteiger partial charge in [-0.1, -0.05) is 14.4 Å². The van der Waals surface area contributed by atoms with Crippen LogP contribution in [0.25, 0.3) is 0 Å². The second-order valence-electron chi connectivity index (χ2n) is 3.10. The lowest BCUT2D eigenvalue weighted by atomic mass is 9.97. The van der Waals surface area contributed by atoms with Crippen LogP contribution in [-0.4, -0.2) is 36.2 Å². The van der Waals surface area contributed by atoms with Crippen LogP contribution in [0.15, 0.2) is 0 Å². The molecule has 0 bridgehead atoms. The zero-order valence-corrected chi connectivity index (χ0v) is 6.17. The number of nitrogens with zero attached hydrogens (tertiary/aromatic N) is 1. The molecular formula is C8H19NO. The fourth-order valence-electron chi connectivity index (χ4n) is 1.34. The van der Waals surface area contributed by atoms with E-state index < -0.39 is 0 Å². The molecule has 1 saturated heterocycles. The summed E-state index contributed by atoms with van der Waals surface area (Å²) in [5.74, 6) is 0.462. The van der Waals surface area contributed by atoms with Gasteiger partial charge in [-0.2, -0.15) is 0 Å². The first-order valence-electron chi connectivity index (χ1n) is 3.57. The third-order valence-corrected chi connectivity index (χ3v) is 2.06. The second kappa shape index (κ2) is 3.94. The van der Waals surface area contributed by atoms with Crippen molar-refractivity contribution in [3.63, 3.8) is 0 Å². The highest BCUT2D eigenvalue weighted by atomic mass is 16.3. The summed E-state index contributed by atoms with van der Waals surface area (Å²) in [6, 6.07) is 0. The quantitative estimate of drug-likeness (QED) is 0.548. The maximum absolute atomic E-state index is 9.27. The Balaban J connectivity index is 0.000000810. The van der Waals surface area contributed by atoms with E-state index in [0.717, 1.165) is 19.5 Å². The van der Waals surface area contributed by atoms with E-state index >= 15 is 0 Å². The highest BCUT2D eigenvalue weighted by molar-refractivity contribution is 4.74. The molecule has 1 aliphatic rings. The third-order valence-electron chi connectivity index (χ3n) is 2.06. The van der Waals surface area contributed by atoms with Crippen LogP contribution >= 0.6 is 0 Å². The Morgan fingerprint density at radius 2 is 2.10 bits per heavy atom. The molecule has 2 heteroatoms. The molecule has 62 valence electrons. The van der Waals surface area contributed by atoms with Gasteiger partial charge in [-0.15, -0.1) is 0 Å². The maximum atomic E-state index is 9.27. The largest absolute Gasteiger partial charge is 0.393 e. The van der Waals surface area contributed by atoms with E-state index in [-0.39, 0.29) is 13.5 Å². The van der Waals surface area contributed by atoms with Gasteiger partial charge in [0.25, 0.3) is 0 Å². The number of aliphatic hydroxyl groups is 1. The van der Waals surface area contributed by atoms with Crippen molar-refractivity contribution in [3.05, 3.63) is 0 Å². The molecule has 10 heavy (non-hydrogen) atoms. The maximum Gasteiger partial charge on any atom is 0.0590 e. The van der Waals surface area contributed by atoms with E-state index in [1.54, 1.807) is 0 Å². The molecule has 0 aromatic carbocycles. The minimum absolute atomic E-state index is 0. The van der Waals surface area contributed by atoms with Gasteiger partial charge in [0.1, 0.15) is 0 Å². The van der Waals surface area contributed by atoms with Crippen LogP contribution < -0.4 is 0 Å². The normalized spacial score (nSPS) is 35.1. The van der Waals surface area contributed by atoms with Crippen LogP contribution in [-0.2, 0) is 0 Å². The summed E-state index contributed by atoms with van der Waals surface area (Å²) in [5, 5.41) is 9.27. The number of rotatable bonds is 0. The summed E-state index contributed by atoms with van der Waals surface area (Å²) in [5.41, 5.74) is 0. The highest BCUT2D eigenvalue weighted by Crippen LogP contribution is 2.14. The van der Waals surface area contributed by atoms with E-state index in [1.165, 1.54) is 0 Å². The minimum atomic E-state index is -0.0544. The van der Waals surface area contributed by atoms with Gasteiger partial charge in [0.2, 0.25) is 0 Å². The van der Waals surface area contributed by atoms with Crippen molar-refractivity contribution in [2.75, 3.05) is 20.1 Å². The number of piperidine rings is 1. The number of aliphatic hydroxyl groups excluding tert-OH is 1. The molecule has 1 N–H and O–H groups in total. The van der Waals surface area contributed by atoms with E-state index in [2.05, 4.69) is 18.9 Å². The molecule has 0 radical (unpaired) electrons. The van der Waals surface area contributed by atoms with Crippen molar-refractivity contribution in [3.8, 4) is 0 Å². The van der Waals surface area contributed by atoms with Crippen molar-refractivity contribution >= 4 is 0 Å². The minimum Gasteiger partial charge on any atom is -0.393 e. The Hall–Kier alpha value is -0.0800. The molecule has 0 saturated carbocycles. The molecule has 2 nitrogen and oxygen atoms in total. The lowest BCUT2D eigenvalue weighted by Gasteiger charge is -2.31. The predicted octanol–water partition coefficient (Wildman–Crippen LogP) is 0.955. The SMILES string of the molecule is C.C[C@H]1CN(C)CC[C@@H]1O. The zero-order chi connectivity index (χ0) is 6.85. The molecule has 1 fully saturated rings. The molecule has 0 aromatic rings. The van der Waals surface area contributed by atoms with Crippen LogP contribution in [0.1, 0.15) is 20.8 Å². The van der Waals surface area contributed by atoms with Gasteiger partial charge in [0.15, 0.2) is 0 Å². The van der Waals surface area contributed by atoms with Crippen molar-refractivity contribution in [2.45, 2.75) is 26.9 Å². The van der Waals surface area contributed by atoms with Gasteiger partial charge in [-0.05, 0) is 19.4 Å². The average molecular weight is 145 g/mol. The molecule has 0 aliphatic carbocycles. The molecule has 0 unspecified atom stereocenters. The first kappa shape index (κ1) is 9.92. The summed E-state index contributed by atoms with van der Waals surface area (Å²) in [7, 11) is 2.10. The lowest BCUT2D eigenvalue weighted by molar-refractivity contribution is 0.0451. The van der Waals surface area contributed by atoms with Gasteiger partial charge < -0.3 is 10.0 Å². The number of hydrogen-bond acceptors (Lipinski definition) is 2. The molecule has 1 aliphatic heterocycles. The fourth-order valence-corrected chi connectivity index (χ4v) is 1.34. The summed E-state index contributed by atoms with van der Waals surface area (Å²) >= 11 is 0. The third kappa shape index (κ3) is 2.27. The van der Waals surface area contributed by atoms with Gasteiger partial charge >= 0.3 is 0 Å². The summed E-state index contributed by atoms with van der Waals surface area (Å²) in [6.07, 6.45) is 0.888. The van der Waals surface area contributed by atoms with Crippen molar-refractivity contribution in [1.82, 2.24) is 4.90 Å². The van der Waals surface area contributed by atoms with Crippen molar-refractivity contribution in [2.24, 2.45) is 5.92 Å². The van der Waals surface area contributed by atoms with E-state index in [0.29, 0.717) is 5.92 Å². The molecular weight excluding hydrogens is 126 g/mol. The smallest absolute Gasteiger partial charge is 0.0590 e. The lowest BCUT2D eigenvalue weighted by Crippen LogP contribution is -2.39. The van der Waals surface area contributed by atoms with E-state index in [9.17, 15) is 5.11 Å². The van der Waals surface area contributed by atoms with Crippen LogP contribution in [0.5, 0.6) is 0 Å². The standard InChI is InChI=1S/C7H15NO.CH4/c1-6-5-8(2)4-3-7(6)9;/h6-7,9H,3-5H2,1-2H3;1H4/t6-,7-;/m0./s1. The Morgan fingerprint density at radius 1 is 1.50 bits per heavy atom. The van der Waals surface area contributed by atoms with Crippen LogP contribution in [0, 0.1) is 5.92 Å². The van der Waals surface area contributed by atoms with Crippen molar-refractivity contribution < 1.29 is 5.11 Å². The first-order chi connectivity index (χ1) is 4.20. The molecule has 0 aromatic heterocycles. The Labute approximate surface area is 63.8 Å². The summed E-state index contributed by atoms with van der Waals surface area (Å²) in [6.45, 7) is 4.19. The average Bonchev–Trinajstić information content (AvgIpc) is 1.80. The Morgan fingerprint density at radius 3 is 2.50 bits per heavy atom. The molecule has 2 atom stereocenters. The summed E-state index contributed by atoms with van der Waals surface area (Å²) in [4.78, 5) is 2.26. The monoisotopic (exact) mass is 145 g/mol. The topological polar surface area (TPSA) is 23.5 Å². The van der Waals surface area contributed by atoms with Crippen LogP contribution in [0.3, 0.4) is 0 Å². The Bertz CT molecular complexity index is 95.3. The van der Waals surface area contributed by atoms with E-state index in [1.807, 2.05) is 0 Å². The van der Waals surface area contributed by atoms with Crippen molar-refractivity contribution in [1.29, 1.82) is 0 Å². The van der Waals surface area contributed by atoms with Gasteiger partial charge in [-0.3, -0.25) is 0 Å². The number of likely N-dealkylation sites (tertiary alicyclic amines) is 1. The second-order valence-corrected chi connectivity index (χ2v) is 3.10. The molecule has 0 amide bonds. The highest BCUT2D eigenvalue weighted by Gasteiger charge is 2.21.